The first-order chi connectivity index (χ1) is 11.7. The zero-order valence-electron chi connectivity index (χ0n) is 16.0. The van der Waals surface area contributed by atoms with E-state index in [0.29, 0.717) is 0 Å². The minimum Gasteiger partial charge on any atom is -0.722 e. The van der Waals surface area contributed by atoms with E-state index < -0.39 is 10.5 Å². The van der Waals surface area contributed by atoms with Crippen molar-refractivity contribution in [3.05, 3.63) is 66.8 Å². The lowest BCUT2D eigenvalue weighted by atomic mass is 9.87. The van der Waals surface area contributed by atoms with Crippen LogP contribution in [0.4, 0.5) is 3.89 Å². The van der Waals surface area contributed by atoms with Crippen molar-refractivity contribution in [2.75, 3.05) is 0 Å². The Balaban J connectivity index is 0.000000597. The number of hydrogen-bond donors (Lipinski definition) is 0. The molecule has 6 heteroatoms. The molecule has 0 aliphatic heterocycles. The van der Waals surface area contributed by atoms with Gasteiger partial charge in [0.15, 0.2) is 7.14 Å². The van der Waals surface area contributed by atoms with Gasteiger partial charge in [-0.1, -0.05) is 65.8 Å². The smallest absolute Gasteiger partial charge is 0.357 e. The molecule has 2 aromatic carbocycles. The van der Waals surface area contributed by atoms with Gasteiger partial charge in [-0.2, -0.15) is 0 Å². The molecule has 26 heavy (non-hydrogen) atoms. The fourth-order valence-electron chi connectivity index (χ4n) is 2.15. The summed E-state index contributed by atoms with van der Waals surface area (Å²) < 4.78 is 38.3. The summed E-state index contributed by atoms with van der Waals surface area (Å²) in [6.07, 6.45) is 0. The second kappa shape index (κ2) is 8.80. The van der Waals surface area contributed by atoms with Crippen LogP contribution in [0.5, 0.6) is 0 Å². The maximum absolute atomic E-state index is 10.1. The van der Waals surface area contributed by atoms with Crippen LogP contribution in [0.15, 0.2) is 48.5 Å². The molecule has 0 atom stereocenters. The minimum atomic E-state index is -5.42. The molecule has 0 bridgehead atoms. The summed E-state index contributed by atoms with van der Waals surface area (Å²) >= 11 is -0.0703. The number of halogens is 2. The Kier molecular flexibility index (Phi) is 7.80. The van der Waals surface area contributed by atoms with Crippen molar-refractivity contribution in [2.24, 2.45) is 0 Å². The highest BCUT2D eigenvalue weighted by Crippen LogP contribution is 2.21. The maximum atomic E-state index is 10.1. The highest BCUT2D eigenvalue weighted by atomic mass is 127. The third kappa shape index (κ3) is 9.09. The second-order valence-corrected chi connectivity index (χ2v) is 11.8. The van der Waals surface area contributed by atoms with Gasteiger partial charge in [0.25, 0.3) is 10.5 Å². The predicted octanol–water partition coefficient (Wildman–Crippen LogP) is 1.83. The van der Waals surface area contributed by atoms with E-state index >= 15 is 0 Å². The molecule has 144 valence electrons. The fourth-order valence-corrected chi connectivity index (χ4v) is 4.31. The highest BCUT2D eigenvalue weighted by molar-refractivity contribution is 7.80. The van der Waals surface area contributed by atoms with Gasteiger partial charge in [-0.25, -0.2) is 8.42 Å². The van der Waals surface area contributed by atoms with E-state index in [9.17, 15) is 3.89 Å². The van der Waals surface area contributed by atoms with Crippen molar-refractivity contribution in [2.45, 2.75) is 52.4 Å². The maximum Gasteiger partial charge on any atom is 0.357 e. The van der Waals surface area contributed by atoms with Crippen LogP contribution in [0, 0.1) is 7.14 Å². The quantitative estimate of drug-likeness (QED) is 0.365. The van der Waals surface area contributed by atoms with E-state index in [1.165, 1.54) is 18.3 Å². The lowest BCUT2D eigenvalue weighted by molar-refractivity contribution is -0.597. The van der Waals surface area contributed by atoms with Crippen molar-refractivity contribution < 1.29 is 38.1 Å². The average Bonchev–Trinajstić information content (AvgIpc) is 2.45. The number of benzene rings is 2. The summed E-state index contributed by atoms with van der Waals surface area (Å²) in [6, 6.07) is 18.4. The molecular formula is C20H26FIO3S. The van der Waals surface area contributed by atoms with Crippen molar-refractivity contribution in [3.8, 4) is 0 Å². The molecule has 0 aromatic heterocycles. The molecule has 0 amide bonds. The largest absolute Gasteiger partial charge is 0.722 e. The molecule has 2 aromatic rings. The monoisotopic (exact) mass is 492 g/mol. The van der Waals surface area contributed by atoms with Crippen LogP contribution in [0.1, 0.15) is 52.7 Å². The van der Waals surface area contributed by atoms with Crippen LogP contribution < -0.4 is 21.2 Å². The molecule has 0 aliphatic carbocycles. The first kappa shape index (κ1) is 23.0. The van der Waals surface area contributed by atoms with Gasteiger partial charge in [-0.15, -0.1) is 3.89 Å². The predicted molar refractivity (Wildman–Crippen MR) is 98.5 cm³/mol. The van der Waals surface area contributed by atoms with Crippen molar-refractivity contribution in [1.82, 2.24) is 0 Å². The van der Waals surface area contributed by atoms with E-state index in [-0.39, 0.29) is 32.0 Å². The SMILES string of the molecule is CC(C)(C)c1ccc([I+]c2ccc(C(C)(C)C)cc2)cc1.O=S(=O)([O-])F. The Hall–Kier alpha value is -0.990. The van der Waals surface area contributed by atoms with Crippen molar-refractivity contribution in [3.63, 3.8) is 0 Å². The summed E-state index contributed by atoms with van der Waals surface area (Å²) in [4.78, 5) is 0. The third-order valence-electron chi connectivity index (χ3n) is 3.64. The number of rotatable bonds is 2. The van der Waals surface area contributed by atoms with Crippen LogP contribution in [-0.4, -0.2) is 13.0 Å². The minimum absolute atomic E-state index is 0.0703. The van der Waals surface area contributed by atoms with Gasteiger partial charge in [0.05, 0.1) is 0 Å². The topological polar surface area (TPSA) is 57.2 Å². The average molecular weight is 492 g/mol. The molecule has 2 rings (SSSR count). The first-order valence-electron chi connectivity index (χ1n) is 8.18. The molecule has 0 saturated heterocycles. The standard InChI is InChI=1S/C20H26I.FHO3S/c1-19(2,3)15-7-11-17(12-8-15)21-18-13-9-16(10-14-18)20(4,5)6;1-5(2,3)4/h7-14H,1-6H3;(H,2,3,4)/q+1;/p-1. The highest BCUT2D eigenvalue weighted by Gasteiger charge is 2.20. The van der Waals surface area contributed by atoms with Gasteiger partial charge in [-0.05, 0) is 46.2 Å². The van der Waals surface area contributed by atoms with E-state index in [2.05, 4.69) is 90.1 Å². The van der Waals surface area contributed by atoms with Gasteiger partial charge in [0, 0.05) is 0 Å². The van der Waals surface area contributed by atoms with Crippen LogP contribution in [0.3, 0.4) is 0 Å². The van der Waals surface area contributed by atoms with Gasteiger partial charge in [0.1, 0.15) is 0 Å². The van der Waals surface area contributed by atoms with Crippen LogP contribution in [-0.2, 0) is 21.3 Å². The van der Waals surface area contributed by atoms with Crippen LogP contribution >= 0.6 is 0 Å². The Labute approximate surface area is 167 Å². The summed E-state index contributed by atoms with van der Waals surface area (Å²) in [7, 11) is -5.42. The van der Waals surface area contributed by atoms with Gasteiger partial charge in [-0.3, -0.25) is 0 Å². The summed E-state index contributed by atoms with van der Waals surface area (Å²) in [5.41, 5.74) is 3.31. The zero-order valence-corrected chi connectivity index (χ0v) is 19.0. The molecule has 0 N–H and O–H groups in total. The number of hydrogen-bond acceptors (Lipinski definition) is 3. The molecule has 0 radical (unpaired) electrons. The van der Waals surface area contributed by atoms with Gasteiger partial charge < -0.3 is 4.55 Å². The van der Waals surface area contributed by atoms with Crippen LogP contribution in [0.25, 0.3) is 0 Å². The van der Waals surface area contributed by atoms with E-state index in [1.807, 2.05) is 0 Å². The van der Waals surface area contributed by atoms with E-state index in [1.54, 1.807) is 0 Å². The molecule has 0 fully saturated rings. The van der Waals surface area contributed by atoms with Crippen molar-refractivity contribution in [1.29, 1.82) is 0 Å². The molecule has 0 unspecified atom stereocenters. The van der Waals surface area contributed by atoms with E-state index in [0.717, 1.165) is 0 Å². The van der Waals surface area contributed by atoms with E-state index in [4.69, 9.17) is 13.0 Å². The van der Waals surface area contributed by atoms with Gasteiger partial charge >= 0.3 is 21.2 Å². The second-order valence-electron chi connectivity index (χ2n) is 8.00. The third-order valence-corrected chi connectivity index (χ3v) is 6.32. The first-order valence-corrected chi connectivity index (χ1v) is 11.6. The summed E-state index contributed by atoms with van der Waals surface area (Å²) in [5.74, 6) is 0. The summed E-state index contributed by atoms with van der Waals surface area (Å²) in [6.45, 7) is 13.6. The molecular weight excluding hydrogens is 466 g/mol. The molecule has 0 spiro atoms. The molecule has 0 heterocycles. The lowest BCUT2D eigenvalue weighted by Gasteiger charge is -2.18. The Morgan fingerprint density at radius 3 is 1.15 bits per heavy atom. The normalized spacial score (nSPS) is 12.3. The Bertz CT molecular complexity index is 737. The molecule has 0 saturated carbocycles. The fraction of sp³-hybridized carbons (Fsp3) is 0.400. The molecule has 0 aliphatic rings. The Morgan fingerprint density at radius 2 is 0.962 bits per heavy atom. The summed E-state index contributed by atoms with van der Waals surface area (Å²) in [5, 5.41) is 0. The molecule has 3 nitrogen and oxygen atoms in total. The van der Waals surface area contributed by atoms with Crippen LogP contribution in [0.2, 0.25) is 0 Å². The zero-order chi connectivity index (χ0) is 20.2. The van der Waals surface area contributed by atoms with Crippen molar-refractivity contribution >= 4 is 10.5 Å². The Morgan fingerprint density at radius 1 is 0.731 bits per heavy atom. The lowest BCUT2D eigenvalue weighted by Crippen LogP contribution is -3.61. The van der Waals surface area contributed by atoms with Gasteiger partial charge in [0.2, 0.25) is 0 Å².